The minimum atomic E-state index is -0.143. The minimum Gasteiger partial charge on any atom is -0.397 e. The molecule has 1 atom stereocenters. The summed E-state index contributed by atoms with van der Waals surface area (Å²) in [6, 6.07) is 5.59. The maximum Gasteiger partial charge on any atom is 0.260 e. The van der Waals surface area contributed by atoms with Gasteiger partial charge in [0, 0.05) is 11.6 Å². The van der Waals surface area contributed by atoms with Gasteiger partial charge in [-0.3, -0.25) is 0 Å². The number of nitrogens with zero attached hydrogens (tertiary/aromatic N) is 2. The summed E-state index contributed by atoms with van der Waals surface area (Å²) < 4.78 is 11.4. The zero-order valence-corrected chi connectivity index (χ0v) is 12.5. The molecule has 1 aromatic heterocycles. The number of nitrogen functional groups attached to an aromatic ring is 1. The van der Waals surface area contributed by atoms with Crippen LogP contribution in [-0.2, 0) is 4.74 Å². The minimum absolute atomic E-state index is 0.143. The molecule has 6 heteroatoms. The second-order valence-corrected chi connectivity index (χ2v) is 5.03. The molecule has 1 heterocycles. The third kappa shape index (κ3) is 2.96. The summed E-state index contributed by atoms with van der Waals surface area (Å²) in [6.07, 6.45) is 1.70. The van der Waals surface area contributed by atoms with E-state index < -0.39 is 0 Å². The van der Waals surface area contributed by atoms with Crippen molar-refractivity contribution in [2.75, 3.05) is 12.8 Å². The predicted octanol–water partition coefficient (Wildman–Crippen LogP) is 3.57. The van der Waals surface area contributed by atoms with Gasteiger partial charge in [0.1, 0.15) is 6.10 Å². The normalized spacial score (nSPS) is 12.6. The number of hydrogen-bond acceptors (Lipinski definition) is 5. The molecule has 0 saturated carbocycles. The van der Waals surface area contributed by atoms with Gasteiger partial charge in [-0.1, -0.05) is 24.6 Å². The Kier molecular flexibility index (Phi) is 4.55. The van der Waals surface area contributed by atoms with Gasteiger partial charge in [0.25, 0.3) is 5.89 Å². The summed E-state index contributed by atoms with van der Waals surface area (Å²) in [5.74, 6) is 0.964. The summed E-state index contributed by atoms with van der Waals surface area (Å²) >= 11 is 3.38. The lowest BCUT2D eigenvalue weighted by molar-refractivity contribution is 0.0854. The van der Waals surface area contributed by atoms with E-state index in [1.807, 2.05) is 18.2 Å². The Morgan fingerprint density at radius 3 is 2.95 bits per heavy atom. The third-order valence-corrected chi connectivity index (χ3v) is 3.54. The van der Waals surface area contributed by atoms with Crippen molar-refractivity contribution in [3.8, 4) is 11.5 Å². The van der Waals surface area contributed by atoms with Gasteiger partial charge < -0.3 is 15.0 Å². The molecule has 0 spiro atoms. The number of methoxy groups -OCH3 is 1. The van der Waals surface area contributed by atoms with Crippen LogP contribution < -0.4 is 5.73 Å². The lowest BCUT2D eigenvalue weighted by Gasteiger charge is -2.08. The Labute approximate surface area is 120 Å². The molecule has 1 unspecified atom stereocenters. The first-order valence-electron chi connectivity index (χ1n) is 6.08. The zero-order chi connectivity index (χ0) is 13.8. The van der Waals surface area contributed by atoms with E-state index in [4.69, 9.17) is 15.0 Å². The number of halogens is 1. The number of rotatable bonds is 5. The van der Waals surface area contributed by atoms with Crippen LogP contribution in [0.25, 0.3) is 11.5 Å². The van der Waals surface area contributed by atoms with Crippen LogP contribution >= 0.6 is 15.9 Å². The highest BCUT2D eigenvalue weighted by atomic mass is 79.9. The summed E-state index contributed by atoms with van der Waals surface area (Å²) in [5, 5.41) is 3.97. The first-order valence-corrected chi connectivity index (χ1v) is 6.87. The van der Waals surface area contributed by atoms with Crippen LogP contribution in [-0.4, -0.2) is 17.3 Å². The third-order valence-electron chi connectivity index (χ3n) is 2.85. The van der Waals surface area contributed by atoms with Crippen LogP contribution in [0.15, 0.2) is 27.2 Å². The first kappa shape index (κ1) is 14.0. The van der Waals surface area contributed by atoms with Crippen LogP contribution in [0.5, 0.6) is 0 Å². The first-order chi connectivity index (χ1) is 9.17. The van der Waals surface area contributed by atoms with Crippen molar-refractivity contribution in [2.24, 2.45) is 0 Å². The van der Waals surface area contributed by atoms with Crippen molar-refractivity contribution in [1.29, 1.82) is 0 Å². The van der Waals surface area contributed by atoms with Crippen LogP contribution in [0.2, 0.25) is 0 Å². The van der Waals surface area contributed by atoms with E-state index in [9.17, 15) is 0 Å². The van der Waals surface area contributed by atoms with E-state index >= 15 is 0 Å². The van der Waals surface area contributed by atoms with Gasteiger partial charge in [-0.05, 0) is 34.5 Å². The lowest BCUT2D eigenvalue weighted by atomic mass is 10.2. The van der Waals surface area contributed by atoms with Gasteiger partial charge >= 0.3 is 0 Å². The van der Waals surface area contributed by atoms with Crippen LogP contribution in [0.1, 0.15) is 31.7 Å². The van der Waals surface area contributed by atoms with Crippen LogP contribution in [0.3, 0.4) is 0 Å². The van der Waals surface area contributed by atoms with E-state index in [1.54, 1.807) is 7.11 Å². The van der Waals surface area contributed by atoms with Gasteiger partial charge in [0.05, 0.1) is 11.3 Å². The second kappa shape index (κ2) is 6.16. The Morgan fingerprint density at radius 2 is 2.26 bits per heavy atom. The van der Waals surface area contributed by atoms with E-state index in [0.717, 1.165) is 22.9 Å². The van der Waals surface area contributed by atoms with Crippen molar-refractivity contribution >= 4 is 21.6 Å². The van der Waals surface area contributed by atoms with Gasteiger partial charge in [-0.15, -0.1) is 0 Å². The smallest absolute Gasteiger partial charge is 0.260 e. The number of para-hydroxylation sites is 1. The van der Waals surface area contributed by atoms with Crippen molar-refractivity contribution in [2.45, 2.75) is 25.9 Å². The molecule has 0 aliphatic heterocycles. The van der Waals surface area contributed by atoms with Crippen molar-refractivity contribution in [1.82, 2.24) is 10.1 Å². The standard InChI is InChI=1S/C13H16BrN3O2/c1-3-5-10(18-2)12-16-13(19-17-12)8-6-4-7-9(14)11(8)15/h4,6-7,10H,3,5,15H2,1-2H3. The van der Waals surface area contributed by atoms with Gasteiger partial charge in [-0.25, -0.2) is 0 Å². The van der Waals surface area contributed by atoms with E-state index in [-0.39, 0.29) is 6.10 Å². The van der Waals surface area contributed by atoms with Gasteiger partial charge in [0.2, 0.25) is 5.82 Å². The van der Waals surface area contributed by atoms with Crippen LogP contribution in [0.4, 0.5) is 5.69 Å². The number of hydrogen-bond donors (Lipinski definition) is 1. The number of benzene rings is 1. The molecule has 5 nitrogen and oxygen atoms in total. The number of anilines is 1. The average molecular weight is 326 g/mol. The molecule has 0 radical (unpaired) electrons. The largest absolute Gasteiger partial charge is 0.397 e. The fourth-order valence-corrected chi connectivity index (χ4v) is 2.18. The molecule has 0 aliphatic carbocycles. The van der Waals surface area contributed by atoms with Crippen LogP contribution in [0, 0.1) is 0 Å². The highest BCUT2D eigenvalue weighted by Crippen LogP contribution is 2.31. The molecule has 2 rings (SSSR count). The fraction of sp³-hybridized carbons (Fsp3) is 0.385. The Morgan fingerprint density at radius 1 is 1.47 bits per heavy atom. The highest BCUT2D eigenvalue weighted by molar-refractivity contribution is 9.10. The van der Waals surface area contributed by atoms with Crippen molar-refractivity contribution in [3.63, 3.8) is 0 Å². The van der Waals surface area contributed by atoms with Crippen molar-refractivity contribution in [3.05, 3.63) is 28.5 Å². The molecule has 1 aromatic carbocycles. The zero-order valence-electron chi connectivity index (χ0n) is 10.9. The number of aromatic nitrogens is 2. The van der Waals surface area contributed by atoms with E-state index in [1.165, 1.54) is 0 Å². The highest BCUT2D eigenvalue weighted by Gasteiger charge is 2.19. The monoisotopic (exact) mass is 325 g/mol. The number of ether oxygens (including phenoxy) is 1. The summed E-state index contributed by atoms with van der Waals surface area (Å²) in [5.41, 5.74) is 7.29. The topological polar surface area (TPSA) is 74.2 Å². The molecule has 0 fully saturated rings. The Hall–Kier alpha value is -1.40. The van der Waals surface area contributed by atoms with E-state index in [0.29, 0.717) is 17.4 Å². The predicted molar refractivity (Wildman–Crippen MR) is 76.5 cm³/mol. The second-order valence-electron chi connectivity index (χ2n) is 4.17. The molecular formula is C13H16BrN3O2. The Balaban J connectivity index is 2.32. The molecule has 0 aliphatic rings. The SMILES string of the molecule is CCCC(OC)c1noc(-c2cccc(Br)c2N)n1. The maximum atomic E-state index is 5.99. The van der Waals surface area contributed by atoms with Crippen molar-refractivity contribution < 1.29 is 9.26 Å². The quantitative estimate of drug-likeness (QED) is 0.850. The molecule has 102 valence electrons. The molecular weight excluding hydrogens is 310 g/mol. The molecule has 19 heavy (non-hydrogen) atoms. The molecule has 0 bridgehead atoms. The lowest BCUT2D eigenvalue weighted by Crippen LogP contribution is -2.03. The molecule has 2 N–H and O–H groups in total. The maximum absolute atomic E-state index is 5.99. The van der Waals surface area contributed by atoms with Gasteiger partial charge in [-0.2, -0.15) is 4.98 Å². The van der Waals surface area contributed by atoms with Gasteiger partial charge in [0.15, 0.2) is 0 Å². The average Bonchev–Trinajstić information content (AvgIpc) is 2.88. The number of nitrogens with two attached hydrogens (primary N) is 1. The molecule has 2 aromatic rings. The summed E-state index contributed by atoms with van der Waals surface area (Å²) in [7, 11) is 1.64. The fourth-order valence-electron chi connectivity index (χ4n) is 1.81. The molecule has 0 saturated heterocycles. The van der Waals surface area contributed by atoms with E-state index in [2.05, 4.69) is 33.0 Å². The molecule has 0 amide bonds. The summed E-state index contributed by atoms with van der Waals surface area (Å²) in [4.78, 5) is 4.37. The summed E-state index contributed by atoms with van der Waals surface area (Å²) in [6.45, 7) is 2.08. The Bertz CT molecular complexity index is 557.